The summed E-state index contributed by atoms with van der Waals surface area (Å²) >= 11 is 0. The van der Waals surface area contributed by atoms with Crippen LogP contribution in [0.15, 0.2) is 0 Å². The maximum absolute atomic E-state index is 12.0. The van der Waals surface area contributed by atoms with E-state index in [0.29, 0.717) is 19.3 Å². The standard InChI is InChI=1S/C15H24O3/c1-2-3-4-5-6-9-12(16)15-13(17)10-7-8-11-14(15)18/h15H,2-11H2,1H3. The van der Waals surface area contributed by atoms with Crippen LogP contribution in [0.25, 0.3) is 0 Å². The number of carbonyl (C=O) groups excluding carboxylic acids is 3. The Morgan fingerprint density at radius 1 is 1.00 bits per heavy atom. The quantitative estimate of drug-likeness (QED) is 0.397. The average Bonchev–Trinajstić information content (AvgIpc) is 2.50. The van der Waals surface area contributed by atoms with E-state index in [0.717, 1.165) is 32.1 Å². The van der Waals surface area contributed by atoms with Crippen LogP contribution in [0, 0.1) is 5.92 Å². The largest absolute Gasteiger partial charge is 0.298 e. The Bertz CT molecular complexity index is 289. The van der Waals surface area contributed by atoms with Crippen molar-refractivity contribution in [2.75, 3.05) is 0 Å². The highest BCUT2D eigenvalue weighted by atomic mass is 16.2. The Kier molecular flexibility index (Phi) is 6.84. The number of unbranched alkanes of at least 4 members (excludes halogenated alkanes) is 4. The van der Waals surface area contributed by atoms with Crippen LogP contribution >= 0.6 is 0 Å². The van der Waals surface area contributed by atoms with Crippen molar-refractivity contribution in [1.29, 1.82) is 0 Å². The lowest BCUT2D eigenvalue weighted by Crippen LogP contribution is -2.30. The fraction of sp³-hybridized carbons (Fsp3) is 0.800. The second-order valence-corrected chi connectivity index (χ2v) is 5.20. The maximum Gasteiger partial charge on any atom is 0.150 e. The second-order valence-electron chi connectivity index (χ2n) is 5.20. The summed E-state index contributed by atoms with van der Waals surface area (Å²) < 4.78 is 0. The van der Waals surface area contributed by atoms with E-state index in [2.05, 4.69) is 6.92 Å². The van der Waals surface area contributed by atoms with Crippen LogP contribution in [-0.2, 0) is 14.4 Å². The van der Waals surface area contributed by atoms with Crippen LogP contribution in [0.3, 0.4) is 0 Å². The van der Waals surface area contributed by atoms with Crippen molar-refractivity contribution in [3.63, 3.8) is 0 Å². The molecule has 0 aliphatic heterocycles. The molecule has 0 heterocycles. The van der Waals surface area contributed by atoms with Gasteiger partial charge in [-0.25, -0.2) is 0 Å². The molecule has 3 heteroatoms. The van der Waals surface area contributed by atoms with Crippen molar-refractivity contribution < 1.29 is 14.4 Å². The lowest BCUT2D eigenvalue weighted by atomic mass is 9.90. The van der Waals surface area contributed by atoms with Gasteiger partial charge in [-0.1, -0.05) is 32.6 Å². The number of ketones is 3. The van der Waals surface area contributed by atoms with Gasteiger partial charge in [0.05, 0.1) is 0 Å². The smallest absolute Gasteiger partial charge is 0.150 e. The Labute approximate surface area is 109 Å². The van der Waals surface area contributed by atoms with Crippen molar-refractivity contribution in [2.45, 2.75) is 71.1 Å². The molecule has 1 aliphatic rings. The zero-order valence-electron chi connectivity index (χ0n) is 11.4. The number of Topliss-reactive ketones (excluding diaryl/α,β-unsaturated/α-hetero) is 3. The van der Waals surface area contributed by atoms with E-state index in [-0.39, 0.29) is 17.3 Å². The molecule has 0 aromatic carbocycles. The summed E-state index contributed by atoms with van der Waals surface area (Å²) in [6, 6.07) is 0. The third-order valence-electron chi connectivity index (χ3n) is 3.59. The van der Waals surface area contributed by atoms with Crippen molar-refractivity contribution in [3.8, 4) is 0 Å². The van der Waals surface area contributed by atoms with Gasteiger partial charge >= 0.3 is 0 Å². The molecule has 1 fully saturated rings. The molecule has 0 aromatic rings. The highest BCUT2D eigenvalue weighted by Crippen LogP contribution is 2.20. The topological polar surface area (TPSA) is 51.2 Å². The normalized spacial score (nSPS) is 17.8. The van der Waals surface area contributed by atoms with E-state index in [1.54, 1.807) is 0 Å². The molecule has 0 unspecified atom stereocenters. The van der Waals surface area contributed by atoms with Crippen LogP contribution in [-0.4, -0.2) is 17.3 Å². The molecule has 0 bridgehead atoms. The molecular formula is C15H24O3. The van der Waals surface area contributed by atoms with Crippen molar-refractivity contribution in [1.82, 2.24) is 0 Å². The van der Waals surface area contributed by atoms with E-state index in [1.165, 1.54) is 12.8 Å². The van der Waals surface area contributed by atoms with Crippen molar-refractivity contribution in [2.24, 2.45) is 5.92 Å². The molecule has 102 valence electrons. The molecule has 0 amide bonds. The summed E-state index contributed by atoms with van der Waals surface area (Å²) in [5.41, 5.74) is 0. The number of hydrogen-bond donors (Lipinski definition) is 0. The van der Waals surface area contributed by atoms with Gasteiger partial charge in [0.15, 0.2) is 17.3 Å². The maximum atomic E-state index is 12.0. The van der Waals surface area contributed by atoms with Gasteiger partial charge in [0.2, 0.25) is 0 Å². The van der Waals surface area contributed by atoms with Gasteiger partial charge in [0.25, 0.3) is 0 Å². The first-order valence-corrected chi connectivity index (χ1v) is 7.25. The van der Waals surface area contributed by atoms with Crippen molar-refractivity contribution >= 4 is 17.3 Å². The number of carbonyl (C=O) groups is 3. The monoisotopic (exact) mass is 252 g/mol. The number of rotatable bonds is 7. The van der Waals surface area contributed by atoms with E-state index in [9.17, 15) is 14.4 Å². The van der Waals surface area contributed by atoms with Crippen LogP contribution < -0.4 is 0 Å². The first kappa shape index (κ1) is 15.1. The summed E-state index contributed by atoms with van der Waals surface area (Å²) in [5.74, 6) is -1.34. The first-order valence-electron chi connectivity index (χ1n) is 7.25. The molecule has 0 radical (unpaired) electrons. The minimum atomic E-state index is -0.918. The van der Waals surface area contributed by atoms with E-state index in [4.69, 9.17) is 0 Å². The van der Waals surface area contributed by atoms with E-state index in [1.807, 2.05) is 0 Å². The zero-order valence-corrected chi connectivity index (χ0v) is 11.4. The van der Waals surface area contributed by atoms with Gasteiger partial charge in [0.1, 0.15) is 5.92 Å². The highest BCUT2D eigenvalue weighted by Gasteiger charge is 2.33. The molecule has 0 spiro atoms. The van der Waals surface area contributed by atoms with Crippen molar-refractivity contribution in [3.05, 3.63) is 0 Å². The van der Waals surface area contributed by atoms with Gasteiger partial charge in [-0.15, -0.1) is 0 Å². The predicted octanol–water partition coefficient (Wildman–Crippen LogP) is 3.24. The molecule has 1 rings (SSSR count). The van der Waals surface area contributed by atoms with Gasteiger partial charge in [-0.05, 0) is 19.3 Å². The van der Waals surface area contributed by atoms with Crippen LogP contribution in [0.5, 0.6) is 0 Å². The Morgan fingerprint density at radius 2 is 1.56 bits per heavy atom. The Balaban J connectivity index is 2.38. The lowest BCUT2D eigenvalue weighted by molar-refractivity contribution is -0.139. The molecule has 18 heavy (non-hydrogen) atoms. The van der Waals surface area contributed by atoms with Crippen LogP contribution in [0.4, 0.5) is 0 Å². The minimum Gasteiger partial charge on any atom is -0.298 e. The average molecular weight is 252 g/mol. The van der Waals surface area contributed by atoms with E-state index >= 15 is 0 Å². The third kappa shape index (κ3) is 4.71. The SMILES string of the molecule is CCCCCCCC(=O)C1C(=O)CCCCC1=O. The fourth-order valence-electron chi connectivity index (χ4n) is 2.47. The molecular weight excluding hydrogens is 228 g/mol. The molecule has 0 aromatic heterocycles. The molecule has 1 saturated carbocycles. The molecule has 0 N–H and O–H groups in total. The molecule has 1 aliphatic carbocycles. The van der Waals surface area contributed by atoms with Crippen LogP contribution in [0.2, 0.25) is 0 Å². The zero-order chi connectivity index (χ0) is 13.4. The first-order chi connectivity index (χ1) is 8.66. The summed E-state index contributed by atoms with van der Waals surface area (Å²) in [7, 11) is 0. The van der Waals surface area contributed by atoms with Gasteiger partial charge in [0, 0.05) is 19.3 Å². The summed E-state index contributed by atoms with van der Waals surface area (Å²) in [5, 5.41) is 0. The summed E-state index contributed by atoms with van der Waals surface area (Å²) in [4.78, 5) is 35.5. The Hall–Kier alpha value is -0.990. The Morgan fingerprint density at radius 3 is 2.11 bits per heavy atom. The van der Waals surface area contributed by atoms with E-state index < -0.39 is 5.92 Å². The summed E-state index contributed by atoms with van der Waals surface area (Å²) in [6.07, 6.45) is 8.04. The second kappa shape index (κ2) is 8.17. The van der Waals surface area contributed by atoms with Gasteiger partial charge < -0.3 is 0 Å². The molecule has 0 saturated heterocycles. The third-order valence-corrected chi connectivity index (χ3v) is 3.59. The number of hydrogen-bond acceptors (Lipinski definition) is 3. The van der Waals surface area contributed by atoms with Gasteiger partial charge in [-0.2, -0.15) is 0 Å². The molecule has 0 atom stereocenters. The molecule has 3 nitrogen and oxygen atoms in total. The summed E-state index contributed by atoms with van der Waals surface area (Å²) in [6.45, 7) is 2.15. The fourth-order valence-corrected chi connectivity index (χ4v) is 2.47. The predicted molar refractivity (Wildman–Crippen MR) is 70.4 cm³/mol. The van der Waals surface area contributed by atoms with Crippen LogP contribution in [0.1, 0.15) is 71.1 Å². The lowest BCUT2D eigenvalue weighted by Gasteiger charge is -2.10. The minimum absolute atomic E-state index is 0.136. The van der Waals surface area contributed by atoms with Gasteiger partial charge in [-0.3, -0.25) is 14.4 Å². The highest BCUT2D eigenvalue weighted by molar-refractivity contribution is 6.19.